The van der Waals surface area contributed by atoms with Crippen LogP contribution in [0, 0.1) is 0 Å². The van der Waals surface area contributed by atoms with E-state index < -0.39 is 0 Å². The molecule has 74 valence electrons. The van der Waals surface area contributed by atoms with Gasteiger partial charge in [-0.1, -0.05) is 53.0 Å². The van der Waals surface area contributed by atoms with Crippen molar-refractivity contribution >= 4 is 50.5 Å². The Balaban J connectivity index is 2.98. The van der Waals surface area contributed by atoms with Crippen molar-refractivity contribution in [2.24, 2.45) is 0 Å². The molecule has 0 radical (unpaired) electrons. The second kappa shape index (κ2) is 4.52. The first-order valence-corrected chi connectivity index (χ1v) is 6.68. The van der Waals surface area contributed by atoms with Crippen LogP contribution in [0.15, 0.2) is 6.07 Å². The molecule has 0 aliphatic carbocycles. The van der Waals surface area contributed by atoms with Gasteiger partial charge in [0.05, 0.1) is 8.67 Å². The van der Waals surface area contributed by atoms with Crippen molar-refractivity contribution in [2.75, 3.05) is 5.33 Å². The molecule has 0 N–H and O–H groups in total. The van der Waals surface area contributed by atoms with Gasteiger partial charge in [-0.3, -0.25) is 0 Å². The highest BCUT2D eigenvalue weighted by molar-refractivity contribution is 9.09. The van der Waals surface area contributed by atoms with E-state index in [0.29, 0.717) is 0 Å². The molecule has 1 aromatic rings. The highest BCUT2D eigenvalue weighted by Gasteiger charge is 2.24. The summed E-state index contributed by atoms with van der Waals surface area (Å²) in [7, 11) is 0. The van der Waals surface area contributed by atoms with E-state index >= 15 is 0 Å². The van der Waals surface area contributed by atoms with Gasteiger partial charge in [0.2, 0.25) is 0 Å². The molecule has 0 atom stereocenters. The van der Waals surface area contributed by atoms with Crippen LogP contribution in [-0.4, -0.2) is 5.33 Å². The zero-order chi connectivity index (χ0) is 10.1. The summed E-state index contributed by atoms with van der Waals surface area (Å²) in [5, 5.41) is 0.976. The molecule has 1 rings (SSSR count). The van der Waals surface area contributed by atoms with Crippen molar-refractivity contribution < 1.29 is 0 Å². The van der Waals surface area contributed by atoms with E-state index in [4.69, 9.17) is 23.2 Å². The maximum atomic E-state index is 6.08. The van der Waals surface area contributed by atoms with Crippen molar-refractivity contribution in [2.45, 2.75) is 25.7 Å². The molecular weight excluding hydrogens is 291 g/mol. The third kappa shape index (κ3) is 2.85. The topological polar surface area (TPSA) is 0 Å². The summed E-state index contributed by atoms with van der Waals surface area (Å²) in [5.74, 6) is 0. The second-order valence-corrected chi connectivity index (χ2v) is 6.64. The minimum absolute atomic E-state index is 0.101. The quantitative estimate of drug-likeness (QED) is 0.680. The third-order valence-electron chi connectivity index (χ3n) is 2.11. The minimum atomic E-state index is 0.101. The van der Waals surface area contributed by atoms with Gasteiger partial charge in [-0.15, -0.1) is 11.3 Å². The number of halogens is 3. The lowest BCUT2D eigenvalue weighted by atomic mass is 9.84. The fraction of sp³-hybridized carbons (Fsp3) is 0.556. The van der Waals surface area contributed by atoms with Crippen LogP contribution in [0.3, 0.4) is 0 Å². The summed E-state index contributed by atoms with van der Waals surface area (Å²) in [6.07, 6.45) is 1.06. The molecule has 0 unspecified atom stereocenters. The van der Waals surface area contributed by atoms with E-state index in [9.17, 15) is 0 Å². The van der Waals surface area contributed by atoms with Crippen molar-refractivity contribution in [3.63, 3.8) is 0 Å². The van der Waals surface area contributed by atoms with Gasteiger partial charge in [-0.2, -0.15) is 0 Å². The Kier molecular flexibility index (Phi) is 4.11. The Labute approximate surface area is 101 Å². The predicted molar refractivity (Wildman–Crippen MR) is 65.8 cm³/mol. The Morgan fingerprint density at radius 2 is 2.08 bits per heavy atom. The Morgan fingerprint density at radius 3 is 2.46 bits per heavy atom. The Hall–Kier alpha value is 0.760. The van der Waals surface area contributed by atoms with Crippen LogP contribution in [0.4, 0.5) is 0 Å². The first kappa shape index (κ1) is 11.8. The maximum Gasteiger partial charge on any atom is 0.0981 e. The van der Waals surface area contributed by atoms with Crippen LogP contribution in [0.5, 0.6) is 0 Å². The van der Waals surface area contributed by atoms with Crippen molar-refractivity contribution in [1.82, 2.24) is 0 Å². The number of thiophene rings is 1. The summed E-state index contributed by atoms with van der Waals surface area (Å²) in [4.78, 5) is 0. The average Bonchev–Trinajstić information content (AvgIpc) is 2.30. The van der Waals surface area contributed by atoms with Gasteiger partial charge in [-0.25, -0.2) is 0 Å². The van der Waals surface area contributed by atoms with Crippen molar-refractivity contribution in [3.05, 3.63) is 20.3 Å². The maximum absolute atomic E-state index is 6.08. The van der Waals surface area contributed by atoms with Gasteiger partial charge < -0.3 is 0 Å². The lowest BCUT2D eigenvalue weighted by molar-refractivity contribution is 0.514. The van der Waals surface area contributed by atoms with Gasteiger partial charge in [0.25, 0.3) is 0 Å². The van der Waals surface area contributed by atoms with E-state index in [2.05, 4.69) is 29.8 Å². The number of alkyl halides is 1. The minimum Gasteiger partial charge on any atom is -0.111 e. The highest BCUT2D eigenvalue weighted by Crippen LogP contribution is 2.40. The predicted octanol–water partition coefficient (Wildman–Crippen LogP) is 5.12. The molecule has 0 spiro atoms. The standard InChI is InChI=1S/C9H11BrCl2S/c1-9(2,3-4-10)6-5-7(11)13-8(6)12/h5H,3-4H2,1-2H3. The number of hydrogen-bond acceptors (Lipinski definition) is 1. The zero-order valence-electron chi connectivity index (χ0n) is 7.53. The molecule has 4 heteroatoms. The van der Waals surface area contributed by atoms with E-state index in [1.165, 1.54) is 11.3 Å². The monoisotopic (exact) mass is 300 g/mol. The van der Waals surface area contributed by atoms with Gasteiger partial charge in [-0.05, 0) is 23.5 Å². The van der Waals surface area contributed by atoms with Crippen LogP contribution in [0.2, 0.25) is 8.67 Å². The summed E-state index contributed by atoms with van der Waals surface area (Å²) in [6.45, 7) is 4.36. The van der Waals surface area contributed by atoms with E-state index in [-0.39, 0.29) is 5.41 Å². The molecule has 0 aliphatic heterocycles. The molecule has 0 aliphatic rings. The molecule has 13 heavy (non-hydrogen) atoms. The smallest absolute Gasteiger partial charge is 0.0981 e. The second-order valence-electron chi connectivity index (χ2n) is 3.56. The number of rotatable bonds is 3. The Morgan fingerprint density at radius 1 is 1.46 bits per heavy atom. The largest absolute Gasteiger partial charge is 0.111 e. The molecule has 0 amide bonds. The fourth-order valence-electron chi connectivity index (χ4n) is 1.17. The third-order valence-corrected chi connectivity index (χ3v) is 3.99. The summed E-state index contributed by atoms with van der Waals surface area (Å²) < 4.78 is 1.58. The van der Waals surface area contributed by atoms with Crippen LogP contribution in [-0.2, 0) is 5.41 Å². The first-order valence-electron chi connectivity index (χ1n) is 3.98. The van der Waals surface area contributed by atoms with Crippen LogP contribution in [0.25, 0.3) is 0 Å². The van der Waals surface area contributed by atoms with Gasteiger partial charge in [0.15, 0.2) is 0 Å². The summed E-state index contributed by atoms with van der Waals surface area (Å²) in [5.41, 5.74) is 1.26. The molecule has 1 aromatic heterocycles. The van der Waals surface area contributed by atoms with E-state index in [1.54, 1.807) is 0 Å². The highest BCUT2D eigenvalue weighted by atomic mass is 79.9. The molecular formula is C9H11BrCl2S. The van der Waals surface area contributed by atoms with Gasteiger partial charge in [0.1, 0.15) is 0 Å². The lowest BCUT2D eigenvalue weighted by Crippen LogP contribution is -2.16. The Bertz CT molecular complexity index is 294. The lowest BCUT2D eigenvalue weighted by Gasteiger charge is -2.23. The van der Waals surface area contributed by atoms with Crippen molar-refractivity contribution in [1.29, 1.82) is 0 Å². The van der Waals surface area contributed by atoms with Gasteiger partial charge in [0, 0.05) is 5.33 Å². The first-order chi connectivity index (χ1) is 5.97. The molecule has 0 aromatic carbocycles. The molecule has 0 saturated carbocycles. The molecule has 0 fully saturated rings. The molecule has 0 bridgehead atoms. The average molecular weight is 302 g/mol. The molecule has 0 nitrogen and oxygen atoms in total. The van der Waals surface area contributed by atoms with Gasteiger partial charge >= 0.3 is 0 Å². The van der Waals surface area contributed by atoms with Crippen molar-refractivity contribution in [3.8, 4) is 0 Å². The van der Waals surface area contributed by atoms with Crippen LogP contribution in [0.1, 0.15) is 25.8 Å². The van der Waals surface area contributed by atoms with Crippen LogP contribution < -0.4 is 0 Å². The summed E-state index contributed by atoms with van der Waals surface area (Å²) >= 11 is 16.9. The zero-order valence-corrected chi connectivity index (χ0v) is 11.4. The molecule has 1 heterocycles. The SMILES string of the molecule is CC(C)(CCBr)c1cc(Cl)sc1Cl. The summed E-state index contributed by atoms with van der Waals surface area (Å²) in [6, 6.07) is 1.97. The number of hydrogen-bond donors (Lipinski definition) is 0. The van der Waals surface area contributed by atoms with E-state index in [0.717, 1.165) is 26.0 Å². The van der Waals surface area contributed by atoms with Crippen LogP contribution >= 0.6 is 50.5 Å². The molecule has 0 saturated heterocycles. The normalized spacial score (nSPS) is 12.1. The van der Waals surface area contributed by atoms with E-state index in [1.807, 2.05) is 6.07 Å². The fourth-order valence-corrected chi connectivity index (χ4v) is 3.98.